The summed E-state index contributed by atoms with van der Waals surface area (Å²) in [5, 5.41) is 1.13. The minimum atomic E-state index is -0.0847. The Bertz CT molecular complexity index is 766. The van der Waals surface area contributed by atoms with Crippen LogP contribution in [0.1, 0.15) is 49.2 Å². The highest BCUT2D eigenvalue weighted by atomic mass is 32.1. The summed E-state index contributed by atoms with van der Waals surface area (Å²) in [6.07, 6.45) is 5.99. The quantitative estimate of drug-likeness (QED) is 0.840. The van der Waals surface area contributed by atoms with E-state index in [-0.39, 0.29) is 11.0 Å². The maximum Gasteiger partial charge on any atom is 0.253 e. The van der Waals surface area contributed by atoms with E-state index in [0.717, 1.165) is 49.7 Å². The average Bonchev–Trinajstić information content (AvgIpc) is 2.95. The van der Waals surface area contributed by atoms with Gasteiger partial charge in [-0.25, -0.2) is 9.97 Å². The predicted molar refractivity (Wildman–Crippen MR) is 102 cm³/mol. The first kappa shape index (κ1) is 18.3. The minimum Gasteiger partial charge on any atom is -0.299 e. The van der Waals surface area contributed by atoms with Crippen LogP contribution in [-0.2, 0) is 18.5 Å². The van der Waals surface area contributed by atoms with Crippen LogP contribution < -0.4 is 5.56 Å². The van der Waals surface area contributed by atoms with Crippen LogP contribution in [0.5, 0.6) is 0 Å². The standard InChI is InChI=1S/C19H28N4OS/c1-14-20-10-16(25-14)12-22-7-5-15(6-8-22)11-23-13-21-17(9-18(23)24)19(2,3)4/h9-10,13,15H,5-8,11-12H2,1-4H3. The maximum absolute atomic E-state index is 12.4. The molecule has 0 atom stereocenters. The third-order valence-corrected chi connectivity index (χ3v) is 5.76. The molecule has 6 heteroatoms. The number of hydrogen-bond donors (Lipinski definition) is 0. The van der Waals surface area contributed by atoms with E-state index in [1.807, 2.05) is 6.20 Å². The lowest BCUT2D eigenvalue weighted by Gasteiger charge is -2.31. The highest BCUT2D eigenvalue weighted by Gasteiger charge is 2.21. The molecule has 1 aliphatic heterocycles. The molecule has 25 heavy (non-hydrogen) atoms. The first-order chi connectivity index (χ1) is 11.8. The first-order valence-corrected chi connectivity index (χ1v) is 9.83. The van der Waals surface area contributed by atoms with Crippen LogP contribution in [0.3, 0.4) is 0 Å². The Hall–Kier alpha value is -1.53. The van der Waals surface area contributed by atoms with Crippen molar-refractivity contribution in [3.8, 4) is 0 Å². The van der Waals surface area contributed by atoms with Gasteiger partial charge in [0, 0.05) is 35.6 Å². The zero-order valence-corrected chi connectivity index (χ0v) is 16.5. The van der Waals surface area contributed by atoms with Crippen molar-refractivity contribution in [2.24, 2.45) is 5.92 Å². The minimum absolute atomic E-state index is 0.0717. The van der Waals surface area contributed by atoms with Gasteiger partial charge in [0.1, 0.15) is 0 Å². The van der Waals surface area contributed by atoms with Crippen LogP contribution in [0.15, 0.2) is 23.4 Å². The summed E-state index contributed by atoms with van der Waals surface area (Å²) in [7, 11) is 0. The summed E-state index contributed by atoms with van der Waals surface area (Å²) in [6.45, 7) is 12.3. The molecule has 136 valence electrons. The van der Waals surface area contributed by atoms with Crippen molar-refractivity contribution in [3.63, 3.8) is 0 Å². The van der Waals surface area contributed by atoms with Crippen LogP contribution in [0.4, 0.5) is 0 Å². The zero-order valence-electron chi connectivity index (χ0n) is 15.7. The van der Waals surface area contributed by atoms with Gasteiger partial charge in [-0.2, -0.15) is 0 Å². The van der Waals surface area contributed by atoms with Gasteiger partial charge in [-0.15, -0.1) is 11.3 Å². The fourth-order valence-corrected chi connectivity index (χ4v) is 4.11. The SMILES string of the molecule is Cc1ncc(CN2CCC(Cn3cnc(C(C)(C)C)cc3=O)CC2)s1. The molecular weight excluding hydrogens is 332 g/mol. The lowest BCUT2D eigenvalue weighted by Crippen LogP contribution is -2.36. The second-order valence-corrected chi connectivity index (χ2v) is 9.40. The number of nitrogens with zero attached hydrogens (tertiary/aromatic N) is 4. The highest BCUT2D eigenvalue weighted by molar-refractivity contribution is 7.11. The Morgan fingerprint density at radius 1 is 1.24 bits per heavy atom. The molecule has 2 aromatic rings. The molecule has 0 aliphatic carbocycles. The summed E-state index contributed by atoms with van der Waals surface area (Å²) in [6, 6.07) is 1.70. The van der Waals surface area contributed by atoms with Crippen molar-refractivity contribution < 1.29 is 0 Å². The van der Waals surface area contributed by atoms with E-state index < -0.39 is 0 Å². The van der Waals surface area contributed by atoms with Crippen LogP contribution in [-0.4, -0.2) is 32.5 Å². The first-order valence-electron chi connectivity index (χ1n) is 9.02. The fraction of sp³-hybridized carbons (Fsp3) is 0.632. The van der Waals surface area contributed by atoms with E-state index in [2.05, 4.69) is 42.6 Å². The lowest BCUT2D eigenvalue weighted by atomic mass is 9.92. The molecule has 3 rings (SSSR count). The topological polar surface area (TPSA) is 51.0 Å². The summed E-state index contributed by atoms with van der Waals surface area (Å²) in [5.41, 5.74) is 0.851. The van der Waals surface area contributed by atoms with Crippen LogP contribution >= 0.6 is 11.3 Å². The molecule has 0 spiro atoms. The Labute approximate surface area is 153 Å². The molecular formula is C19H28N4OS. The van der Waals surface area contributed by atoms with Crippen molar-refractivity contribution in [3.05, 3.63) is 44.5 Å². The molecule has 2 aromatic heterocycles. The number of aryl methyl sites for hydroxylation is 1. The molecule has 5 nitrogen and oxygen atoms in total. The van der Waals surface area contributed by atoms with Gasteiger partial charge in [0.15, 0.2) is 0 Å². The summed E-state index contributed by atoms with van der Waals surface area (Å²) >= 11 is 1.78. The Balaban J connectivity index is 1.54. The van der Waals surface area contributed by atoms with Gasteiger partial charge in [0.2, 0.25) is 0 Å². The number of thiazole rings is 1. The number of likely N-dealkylation sites (tertiary alicyclic amines) is 1. The smallest absolute Gasteiger partial charge is 0.253 e. The number of aromatic nitrogens is 3. The van der Waals surface area contributed by atoms with Crippen molar-refractivity contribution in [2.45, 2.75) is 59.0 Å². The van der Waals surface area contributed by atoms with Gasteiger partial charge in [-0.3, -0.25) is 14.3 Å². The van der Waals surface area contributed by atoms with Gasteiger partial charge in [0.05, 0.1) is 17.0 Å². The highest BCUT2D eigenvalue weighted by Crippen LogP contribution is 2.22. The van der Waals surface area contributed by atoms with E-state index in [1.165, 1.54) is 4.88 Å². The largest absolute Gasteiger partial charge is 0.299 e. The normalized spacial score (nSPS) is 17.1. The van der Waals surface area contributed by atoms with Gasteiger partial charge < -0.3 is 0 Å². The molecule has 0 radical (unpaired) electrons. The van der Waals surface area contributed by atoms with E-state index in [1.54, 1.807) is 28.3 Å². The molecule has 0 unspecified atom stereocenters. The lowest BCUT2D eigenvalue weighted by molar-refractivity contribution is 0.167. The average molecular weight is 361 g/mol. The van der Waals surface area contributed by atoms with Gasteiger partial charge >= 0.3 is 0 Å². The van der Waals surface area contributed by atoms with Crippen LogP contribution in [0.2, 0.25) is 0 Å². The summed E-state index contributed by atoms with van der Waals surface area (Å²) < 4.78 is 1.78. The molecule has 1 aliphatic rings. The predicted octanol–water partition coefficient (Wildman–Crippen LogP) is 3.22. The summed E-state index contributed by atoms with van der Waals surface area (Å²) in [5.74, 6) is 0.555. The third kappa shape index (κ3) is 4.76. The molecule has 0 bridgehead atoms. The van der Waals surface area contributed by atoms with E-state index >= 15 is 0 Å². The number of rotatable bonds is 4. The molecule has 0 N–H and O–H groups in total. The molecule has 0 saturated carbocycles. The van der Waals surface area contributed by atoms with E-state index in [9.17, 15) is 4.79 Å². The fourth-order valence-electron chi connectivity index (χ4n) is 3.28. The Kier molecular flexibility index (Phi) is 5.39. The van der Waals surface area contributed by atoms with Crippen molar-refractivity contribution in [1.29, 1.82) is 0 Å². The van der Waals surface area contributed by atoms with Gasteiger partial charge in [-0.05, 0) is 38.8 Å². The molecule has 0 amide bonds. The van der Waals surface area contributed by atoms with Crippen molar-refractivity contribution in [1.82, 2.24) is 19.4 Å². The van der Waals surface area contributed by atoms with Crippen LogP contribution in [0, 0.1) is 12.8 Å². The van der Waals surface area contributed by atoms with E-state index in [0.29, 0.717) is 5.92 Å². The third-order valence-electron chi connectivity index (χ3n) is 4.86. The van der Waals surface area contributed by atoms with Gasteiger partial charge in [-0.1, -0.05) is 20.8 Å². The molecule has 3 heterocycles. The van der Waals surface area contributed by atoms with E-state index in [4.69, 9.17) is 0 Å². The van der Waals surface area contributed by atoms with Gasteiger partial charge in [0.25, 0.3) is 5.56 Å². The Morgan fingerprint density at radius 2 is 1.96 bits per heavy atom. The number of piperidine rings is 1. The van der Waals surface area contributed by atoms with Crippen LogP contribution in [0.25, 0.3) is 0 Å². The second kappa shape index (κ2) is 7.38. The van der Waals surface area contributed by atoms with Crippen molar-refractivity contribution >= 4 is 11.3 Å². The zero-order chi connectivity index (χ0) is 18.0. The second-order valence-electron chi connectivity index (χ2n) is 8.08. The monoisotopic (exact) mass is 360 g/mol. The molecule has 1 fully saturated rings. The van der Waals surface area contributed by atoms with Crippen molar-refractivity contribution in [2.75, 3.05) is 13.1 Å². The molecule has 0 aromatic carbocycles. The Morgan fingerprint density at radius 3 is 2.52 bits per heavy atom. The summed E-state index contributed by atoms with van der Waals surface area (Å²) in [4.78, 5) is 25.0. The maximum atomic E-state index is 12.4. The number of hydrogen-bond acceptors (Lipinski definition) is 5. The molecule has 1 saturated heterocycles.